The van der Waals surface area contributed by atoms with Crippen LogP contribution in [0.15, 0.2) is 60.9 Å². The van der Waals surface area contributed by atoms with Crippen LogP contribution in [0.3, 0.4) is 0 Å². The SMILES string of the molecule is NC[C@@H](NC(=O)C=Cc1c[nH]c2ncccc12)c1ccccc1. The lowest BCUT2D eigenvalue weighted by atomic mass is 10.1. The van der Waals surface area contributed by atoms with Crippen molar-refractivity contribution in [3.63, 3.8) is 0 Å². The van der Waals surface area contributed by atoms with E-state index in [1.165, 1.54) is 6.08 Å². The molecule has 0 aliphatic carbocycles. The highest BCUT2D eigenvalue weighted by Crippen LogP contribution is 2.17. The number of rotatable bonds is 5. The third kappa shape index (κ3) is 3.46. The third-order valence-electron chi connectivity index (χ3n) is 3.65. The Bertz CT molecular complexity index is 823. The highest BCUT2D eigenvalue weighted by Gasteiger charge is 2.10. The number of pyridine rings is 1. The van der Waals surface area contributed by atoms with E-state index in [1.807, 2.05) is 48.7 Å². The standard InChI is InChI=1S/C18H18N4O/c19-11-16(13-5-2-1-3-6-13)22-17(23)9-8-14-12-21-18-15(14)7-4-10-20-18/h1-10,12,16H,11,19H2,(H,20,21)(H,22,23)/t16-/m1/s1. The molecule has 0 saturated heterocycles. The van der Waals surface area contributed by atoms with Crippen LogP contribution in [0.1, 0.15) is 17.2 Å². The molecule has 0 unspecified atom stereocenters. The van der Waals surface area contributed by atoms with Crippen molar-refractivity contribution in [2.45, 2.75) is 6.04 Å². The van der Waals surface area contributed by atoms with Crippen LogP contribution < -0.4 is 11.1 Å². The van der Waals surface area contributed by atoms with Gasteiger partial charge in [-0.05, 0) is 23.8 Å². The topological polar surface area (TPSA) is 83.8 Å². The van der Waals surface area contributed by atoms with Crippen molar-refractivity contribution in [1.82, 2.24) is 15.3 Å². The average Bonchev–Trinajstić information content (AvgIpc) is 3.02. The average molecular weight is 306 g/mol. The van der Waals surface area contributed by atoms with Gasteiger partial charge >= 0.3 is 0 Å². The fraction of sp³-hybridized carbons (Fsp3) is 0.111. The first-order valence-corrected chi connectivity index (χ1v) is 7.43. The molecule has 1 atom stereocenters. The van der Waals surface area contributed by atoms with Gasteiger partial charge in [0.15, 0.2) is 0 Å². The van der Waals surface area contributed by atoms with E-state index in [1.54, 1.807) is 12.3 Å². The van der Waals surface area contributed by atoms with E-state index in [4.69, 9.17) is 5.73 Å². The van der Waals surface area contributed by atoms with Gasteiger partial charge in [0.2, 0.25) is 5.91 Å². The molecule has 116 valence electrons. The Morgan fingerprint density at radius 3 is 2.87 bits per heavy atom. The van der Waals surface area contributed by atoms with Crippen LogP contribution in [0, 0.1) is 0 Å². The van der Waals surface area contributed by atoms with Gasteiger partial charge in [-0.25, -0.2) is 4.98 Å². The van der Waals surface area contributed by atoms with E-state index >= 15 is 0 Å². The fourth-order valence-electron chi connectivity index (χ4n) is 2.46. The van der Waals surface area contributed by atoms with Gasteiger partial charge in [0.25, 0.3) is 0 Å². The number of nitrogens with zero attached hydrogens (tertiary/aromatic N) is 1. The van der Waals surface area contributed by atoms with Gasteiger partial charge in [0, 0.05) is 36.0 Å². The summed E-state index contributed by atoms with van der Waals surface area (Å²) in [6, 6.07) is 13.3. The first-order valence-electron chi connectivity index (χ1n) is 7.43. The van der Waals surface area contributed by atoms with Gasteiger partial charge in [-0.15, -0.1) is 0 Å². The number of aromatic nitrogens is 2. The van der Waals surface area contributed by atoms with Crippen LogP contribution in [0.2, 0.25) is 0 Å². The van der Waals surface area contributed by atoms with E-state index < -0.39 is 0 Å². The molecule has 3 aromatic rings. The van der Waals surface area contributed by atoms with Crippen molar-refractivity contribution in [1.29, 1.82) is 0 Å². The minimum atomic E-state index is -0.196. The largest absolute Gasteiger partial charge is 0.346 e. The van der Waals surface area contributed by atoms with Gasteiger partial charge in [0.05, 0.1) is 6.04 Å². The molecule has 23 heavy (non-hydrogen) atoms. The second-order valence-electron chi connectivity index (χ2n) is 5.18. The molecule has 0 radical (unpaired) electrons. The number of hydrogen-bond donors (Lipinski definition) is 3. The highest BCUT2D eigenvalue weighted by molar-refractivity contribution is 5.95. The number of amides is 1. The van der Waals surface area contributed by atoms with Gasteiger partial charge < -0.3 is 16.0 Å². The Morgan fingerprint density at radius 1 is 1.26 bits per heavy atom. The number of hydrogen-bond acceptors (Lipinski definition) is 3. The molecule has 5 nitrogen and oxygen atoms in total. The van der Waals surface area contributed by atoms with Crippen molar-refractivity contribution < 1.29 is 4.79 Å². The summed E-state index contributed by atoms with van der Waals surface area (Å²) in [6.45, 7) is 0.348. The Kier molecular flexibility index (Phi) is 4.49. The smallest absolute Gasteiger partial charge is 0.244 e. The lowest BCUT2D eigenvalue weighted by Gasteiger charge is -2.15. The molecule has 1 aromatic carbocycles. The van der Waals surface area contributed by atoms with Crippen molar-refractivity contribution in [3.8, 4) is 0 Å². The van der Waals surface area contributed by atoms with Crippen LogP contribution in [0.5, 0.6) is 0 Å². The Hall–Kier alpha value is -2.92. The molecule has 4 N–H and O–H groups in total. The van der Waals surface area contributed by atoms with E-state index in [9.17, 15) is 4.79 Å². The summed E-state index contributed by atoms with van der Waals surface area (Å²) in [5.41, 5.74) is 8.49. The molecular formula is C18H18N4O. The number of nitrogens with two attached hydrogens (primary N) is 1. The monoisotopic (exact) mass is 306 g/mol. The molecule has 5 heteroatoms. The van der Waals surface area contributed by atoms with Crippen LogP contribution in [-0.2, 0) is 4.79 Å². The summed E-state index contributed by atoms with van der Waals surface area (Å²) in [7, 11) is 0. The van der Waals surface area contributed by atoms with E-state index in [2.05, 4.69) is 15.3 Å². The van der Waals surface area contributed by atoms with Gasteiger partial charge in [-0.3, -0.25) is 4.79 Å². The molecule has 2 aromatic heterocycles. The van der Waals surface area contributed by atoms with Crippen LogP contribution >= 0.6 is 0 Å². The zero-order valence-corrected chi connectivity index (χ0v) is 12.6. The van der Waals surface area contributed by atoms with Gasteiger partial charge in [-0.1, -0.05) is 30.3 Å². The van der Waals surface area contributed by atoms with Crippen molar-refractivity contribution in [2.75, 3.05) is 6.54 Å². The lowest BCUT2D eigenvalue weighted by Crippen LogP contribution is -2.32. The van der Waals surface area contributed by atoms with Crippen LogP contribution in [-0.4, -0.2) is 22.4 Å². The second kappa shape index (κ2) is 6.89. The maximum Gasteiger partial charge on any atom is 0.244 e. The van der Waals surface area contributed by atoms with Crippen molar-refractivity contribution in [2.24, 2.45) is 5.73 Å². The maximum atomic E-state index is 12.1. The number of aromatic amines is 1. The second-order valence-corrected chi connectivity index (χ2v) is 5.18. The van der Waals surface area contributed by atoms with Gasteiger partial charge in [0.1, 0.15) is 5.65 Å². The molecule has 2 heterocycles. The molecule has 0 spiro atoms. The van der Waals surface area contributed by atoms with E-state index in [0.29, 0.717) is 6.54 Å². The van der Waals surface area contributed by atoms with Gasteiger partial charge in [-0.2, -0.15) is 0 Å². The molecule has 0 aliphatic rings. The zero-order chi connectivity index (χ0) is 16.1. The predicted molar refractivity (Wildman–Crippen MR) is 91.5 cm³/mol. The summed E-state index contributed by atoms with van der Waals surface area (Å²) >= 11 is 0. The first kappa shape index (κ1) is 15.0. The summed E-state index contributed by atoms with van der Waals surface area (Å²) in [6.07, 6.45) is 6.85. The van der Waals surface area contributed by atoms with Crippen molar-refractivity contribution in [3.05, 3.63) is 72.1 Å². The van der Waals surface area contributed by atoms with Crippen LogP contribution in [0.4, 0.5) is 0 Å². The number of carbonyl (C=O) groups is 1. The molecule has 3 rings (SSSR count). The minimum absolute atomic E-state index is 0.178. The molecule has 0 aliphatic heterocycles. The minimum Gasteiger partial charge on any atom is -0.346 e. The molecule has 0 fully saturated rings. The normalized spacial score (nSPS) is 12.6. The first-order chi connectivity index (χ1) is 11.3. The van der Waals surface area contributed by atoms with Crippen LogP contribution in [0.25, 0.3) is 17.1 Å². The quantitative estimate of drug-likeness (QED) is 0.633. The number of fused-ring (bicyclic) bond motifs is 1. The number of H-pyrrole nitrogens is 1. The molecule has 0 saturated carbocycles. The lowest BCUT2D eigenvalue weighted by molar-refractivity contribution is -0.117. The number of carbonyl (C=O) groups excluding carboxylic acids is 1. The summed E-state index contributed by atoms with van der Waals surface area (Å²) < 4.78 is 0. The zero-order valence-electron chi connectivity index (χ0n) is 12.6. The fourth-order valence-corrected chi connectivity index (χ4v) is 2.46. The highest BCUT2D eigenvalue weighted by atomic mass is 16.1. The summed E-state index contributed by atoms with van der Waals surface area (Å²) in [4.78, 5) is 19.4. The Labute approximate surface area is 134 Å². The van der Waals surface area contributed by atoms with E-state index in [-0.39, 0.29) is 11.9 Å². The summed E-state index contributed by atoms with van der Waals surface area (Å²) in [5.74, 6) is -0.178. The predicted octanol–water partition coefficient (Wildman–Crippen LogP) is 2.39. The molecular weight excluding hydrogens is 288 g/mol. The number of nitrogens with one attached hydrogen (secondary N) is 2. The van der Waals surface area contributed by atoms with E-state index in [0.717, 1.165) is 22.2 Å². The Balaban J connectivity index is 1.71. The molecule has 0 bridgehead atoms. The summed E-state index contributed by atoms with van der Waals surface area (Å²) in [5, 5.41) is 3.90. The maximum absolute atomic E-state index is 12.1. The number of benzene rings is 1. The third-order valence-corrected chi connectivity index (χ3v) is 3.65. The molecule has 1 amide bonds. The Morgan fingerprint density at radius 2 is 2.09 bits per heavy atom. The van der Waals surface area contributed by atoms with Crippen molar-refractivity contribution >= 4 is 23.0 Å².